The van der Waals surface area contributed by atoms with Crippen molar-refractivity contribution in [3.05, 3.63) is 65.0 Å². The van der Waals surface area contributed by atoms with Crippen LogP contribution in [0.4, 0.5) is 13.2 Å². The third-order valence-electron chi connectivity index (χ3n) is 3.19. The Hall–Kier alpha value is -1.88. The predicted molar refractivity (Wildman–Crippen MR) is 71.1 cm³/mol. The number of aromatic nitrogens is 1. The molecular weight excluding hydrogens is 265 g/mol. The number of benzene rings is 1. The van der Waals surface area contributed by atoms with Gasteiger partial charge in [0.25, 0.3) is 0 Å². The van der Waals surface area contributed by atoms with E-state index < -0.39 is 17.8 Å². The van der Waals surface area contributed by atoms with Gasteiger partial charge in [0.05, 0.1) is 17.3 Å². The lowest BCUT2D eigenvalue weighted by atomic mass is 9.98. The third kappa shape index (κ3) is 2.99. The molecule has 1 aromatic carbocycles. The Morgan fingerprint density at radius 1 is 1.15 bits per heavy atom. The standard InChI is InChI=1S/C15H15F3N2/c1-2-10-5-7-11(8-6-10)13(19)14-12(15(16,17)18)4-3-9-20-14/h3-9,13H,2,19H2,1H3/t13-/m0/s1. The molecule has 0 saturated heterocycles. The maximum Gasteiger partial charge on any atom is 0.418 e. The average Bonchev–Trinajstić information content (AvgIpc) is 2.46. The fraction of sp³-hybridized carbons (Fsp3) is 0.267. The molecule has 2 aromatic rings. The molecule has 0 aliphatic carbocycles. The number of nitrogens with zero attached hydrogens (tertiary/aromatic N) is 1. The SMILES string of the molecule is CCc1ccc([C@H](N)c2ncccc2C(F)(F)F)cc1. The molecule has 2 nitrogen and oxygen atoms in total. The van der Waals surface area contributed by atoms with Crippen LogP contribution in [-0.2, 0) is 12.6 Å². The van der Waals surface area contributed by atoms with Crippen LogP contribution in [0.25, 0.3) is 0 Å². The number of rotatable bonds is 3. The highest BCUT2D eigenvalue weighted by molar-refractivity contribution is 5.35. The highest BCUT2D eigenvalue weighted by atomic mass is 19.4. The van der Waals surface area contributed by atoms with Crippen LogP contribution >= 0.6 is 0 Å². The Labute approximate surface area is 115 Å². The van der Waals surface area contributed by atoms with Crippen molar-refractivity contribution in [1.29, 1.82) is 0 Å². The fourth-order valence-corrected chi connectivity index (χ4v) is 2.02. The van der Waals surface area contributed by atoms with Gasteiger partial charge in [0.2, 0.25) is 0 Å². The van der Waals surface area contributed by atoms with Crippen LogP contribution in [0.1, 0.15) is 35.3 Å². The molecule has 0 amide bonds. The molecule has 0 aliphatic heterocycles. The Morgan fingerprint density at radius 3 is 2.35 bits per heavy atom. The molecule has 0 radical (unpaired) electrons. The van der Waals surface area contributed by atoms with Crippen molar-refractivity contribution in [1.82, 2.24) is 4.98 Å². The first-order valence-electron chi connectivity index (χ1n) is 6.30. The molecule has 2 N–H and O–H groups in total. The Kier molecular flexibility index (Phi) is 4.09. The Bertz CT molecular complexity index is 576. The first-order valence-corrected chi connectivity index (χ1v) is 6.30. The molecule has 0 bridgehead atoms. The van der Waals surface area contributed by atoms with Crippen molar-refractivity contribution in [2.75, 3.05) is 0 Å². The zero-order chi connectivity index (χ0) is 14.8. The van der Waals surface area contributed by atoms with E-state index in [4.69, 9.17) is 5.73 Å². The molecule has 0 unspecified atom stereocenters. The second-order valence-electron chi connectivity index (χ2n) is 4.51. The van der Waals surface area contributed by atoms with Gasteiger partial charge in [-0.2, -0.15) is 13.2 Å². The van der Waals surface area contributed by atoms with Crippen molar-refractivity contribution in [2.24, 2.45) is 5.73 Å². The number of aryl methyl sites for hydroxylation is 1. The van der Waals surface area contributed by atoms with Crippen LogP contribution in [0.3, 0.4) is 0 Å². The minimum Gasteiger partial charge on any atom is -0.319 e. The molecule has 20 heavy (non-hydrogen) atoms. The second-order valence-corrected chi connectivity index (χ2v) is 4.51. The van der Waals surface area contributed by atoms with Gasteiger partial charge in [-0.15, -0.1) is 0 Å². The highest BCUT2D eigenvalue weighted by Gasteiger charge is 2.35. The number of nitrogens with two attached hydrogens (primary N) is 1. The smallest absolute Gasteiger partial charge is 0.319 e. The summed E-state index contributed by atoms with van der Waals surface area (Å²) in [5.74, 6) is 0. The van der Waals surface area contributed by atoms with Crippen LogP contribution in [0, 0.1) is 0 Å². The number of halogens is 3. The normalized spacial score (nSPS) is 13.2. The second kappa shape index (κ2) is 5.63. The van der Waals surface area contributed by atoms with E-state index in [0.29, 0.717) is 5.56 Å². The summed E-state index contributed by atoms with van der Waals surface area (Å²) in [4.78, 5) is 3.82. The van der Waals surface area contributed by atoms with Gasteiger partial charge in [0.1, 0.15) is 0 Å². The molecule has 0 aliphatic rings. The lowest BCUT2D eigenvalue weighted by Gasteiger charge is -2.17. The van der Waals surface area contributed by atoms with Gasteiger partial charge in [-0.25, -0.2) is 0 Å². The minimum atomic E-state index is -4.45. The van der Waals surface area contributed by atoms with Crippen molar-refractivity contribution in [3.63, 3.8) is 0 Å². The summed E-state index contributed by atoms with van der Waals surface area (Å²) in [7, 11) is 0. The molecule has 0 fully saturated rings. The zero-order valence-corrected chi connectivity index (χ0v) is 11.0. The van der Waals surface area contributed by atoms with E-state index in [2.05, 4.69) is 4.98 Å². The number of pyridine rings is 1. The molecule has 0 saturated carbocycles. The van der Waals surface area contributed by atoms with Gasteiger partial charge < -0.3 is 5.73 Å². The predicted octanol–water partition coefficient (Wildman–Crippen LogP) is 3.71. The molecule has 5 heteroatoms. The fourth-order valence-electron chi connectivity index (χ4n) is 2.02. The van der Waals surface area contributed by atoms with Gasteiger partial charge in [0.15, 0.2) is 0 Å². The van der Waals surface area contributed by atoms with Crippen LogP contribution in [0.15, 0.2) is 42.6 Å². The molecule has 106 valence electrons. The summed E-state index contributed by atoms with van der Waals surface area (Å²) >= 11 is 0. The van der Waals surface area contributed by atoms with Crippen LogP contribution < -0.4 is 5.73 Å². The average molecular weight is 280 g/mol. The Balaban J connectivity index is 2.40. The summed E-state index contributed by atoms with van der Waals surface area (Å²) in [5, 5.41) is 0. The van der Waals surface area contributed by atoms with E-state index in [1.165, 1.54) is 12.3 Å². The van der Waals surface area contributed by atoms with E-state index in [9.17, 15) is 13.2 Å². The summed E-state index contributed by atoms with van der Waals surface area (Å²) in [6, 6.07) is 8.61. The first-order chi connectivity index (χ1) is 9.43. The maximum absolute atomic E-state index is 12.9. The molecule has 1 aromatic heterocycles. The first kappa shape index (κ1) is 14.5. The quantitative estimate of drug-likeness (QED) is 0.930. The van der Waals surface area contributed by atoms with Gasteiger partial charge >= 0.3 is 6.18 Å². The molecule has 2 rings (SSSR count). The summed E-state index contributed by atoms with van der Waals surface area (Å²) < 4.78 is 38.8. The Morgan fingerprint density at radius 2 is 1.80 bits per heavy atom. The monoisotopic (exact) mass is 280 g/mol. The zero-order valence-electron chi connectivity index (χ0n) is 11.0. The van der Waals surface area contributed by atoms with E-state index in [-0.39, 0.29) is 5.69 Å². The van der Waals surface area contributed by atoms with Crippen LogP contribution in [0.5, 0.6) is 0 Å². The van der Waals surface area contributed by atoms with Crippen molar-refractivity contribution >= 4 is 0 Å². The summed E-state index contributed by atoms with van der Waals surface area (Å²) in [6.07, 6.45) is -2.26. The molecular formula is C15H15F3N2. The summed E-state index contributed by atoms with van der Waals surface area (Å²) in [6.45, 7) is 2.01. The van der Waals surface area contributed by atoms with E-state index in [1.54, 1.807) is 12.1 Å². The van der Waals surface area contributed by atoms with Gasteiger partial charge in [-0.1, -0.05) is 31.2 Å². The molecule has 1 atom stereocenters. The number of alkyl halides is 3. The summed E-state index contributed by atoms with van der Waals surface area (Å²) in [5.41, 5.74) is 6.74. The van der Waals surface area contributed by atoms with Gasteiger partial charge in [-0.3, -0.25) is 4.98 Å². The van der Waals surface area contributed by atoms with E-state index >= 15 is 0 Å². The minimum absolute atomic E-state index is 0.149. The van der Waals surface area contributed by atoms with E-state index in [0.717, 1.165) is 18.1 Å². The van der Waals surface area contributed by atoms with Gasteiger partial charge in [0, 0.05) is 6.20 Å². The maximum atomic E-state index is 12.9. The third-order valence-corrected chi connectivity index (χ3v) is 3.19. The lowest BCUT2D eigenvalue weighted by Crippen LogP contribution is -2.20. The largest absolute Gasteiger partial charge is 0.418 e. The topological polar surface area (TPSA) is 38.9 Å². The number of hydrogen-bond acceptors (Lipinski definition) is 2. The number of hydrogen-bond donors (Lipinski definition) is 1. The molecule has 1 heterocycles. The van der Waals surface area contributed by atoms with E-state index in [1.807, 2.05) is 19.1 Å². The van der Waals surface area contributed by atoms with Gasteiger partial charge in [-0.05, 0) is 29.7 Å². The highest BCUT2D eigenvalue weighted by Crippen LogP contribution is 2.34. The van der Waals surface area contributed by atoms with Crippen LogP contribution in [-0.4, -0.2) is 4.98 Å². The molecule has 0 spiro atoms. The lowest BCUT2D eigenvalue weighted by molar-refractivity contribution is -0.138. The van der Waals surface area contributed by atoms with Crippen molar-refractivity contribution in [3.8, 4) is 0 Å². The van der Waals surface area contributed by atoms with Crippen molar-refractivity contribution in [2.45, 2.75) is 25.6 Å². The van der Waals surface area contributed by atoms with Crippen molar-refractivity contribution < 1.29 is 13.2 Å². The van der Waals surface area contributed by atoms with Crippen LogP contribution in [0.2, 0.25) is 0 Å².